The van der Waals surface area contributed by atoms with Gasteiger partial charge in [-0.1, -0.05) is 29.8 Å². The van der Waals surface area contributed by atoms with Gasteiger partial charge >= 0.3 is 0 Å². The van der Waals surface area contributed by atoms with Crippen LogP contribution in [0.3, 0.4) is 0 Å². The average molecular weight is 552 g/mol. The van der Waals surface area contributed by atoms with Crippen molar-refractivity contribution in [3.63, 3.8) is 0 Å². The van der Waals surface area contributed by atoms with E-state index in [4.69, 9.17) is 14.2 Å². The van der Waals surface area contributed by atoms with Gasteiger partial charge in [0.15, 0.2) is 11.5 Å². The van der Waals surface area contributed by atoms with E-state index < -0.39 is 10.0 Å². The molecule has 9 nitrogen and oxygen atoms in total. The molecule has 1 fully saturated rings. The summed E-state index contributed by atoms with van der Waals surface area (Å²) >= 11 is 0. The molecule has 1 saturated heterocycles. The summed E-state index contributed by atoms with van der Waals surface area (Å²) < 4.78 is 45.3. The normalized spacial score (nSPS) is 15.3. The van der Waals surface area contributed by atoms with Crippen LogP contribution in [-0.2, 0) is 21.4 Å². The molecule has 0 N–H and O–H groups in total. The fourth-order valence-corrected chi connectivity index (χ4v) is 6.46. The van der Waals surface area contributed by atoms with E-state index in [0.29, 0.717) is 31.9 Å². The number of methoxy groups -OCH3 is 1. The Balaban J connectivity index is 1.31. The number of carbonyl (C=O) groups excluding carboxylic acids is 1. The molecule has 0 saturated carbocycles. The fraction of sp³-hybridized carbons (Fsp3) is 0.345. The highest BCUT2D eigenvalue weighted by atomic mass is 32.2. The van der Waals surface area contributed by atoms with E-state index in [0.717, 1.165) is 34.7 Å². The average Bonchev–Trinajstić information content (AvgIpc) is 3.40. The summed E-state index contributed by atoms with van der Waals surface area (Å²) in [6.07, 6.45) is 0. The van der Waals surface area contributed by atoms with Crippen molar-refractivity contribution in [3.8, 4) is 17.2 Å². The maximum atomic E-state index is 14.0. The second-order valence-electron chi connectivity index (χ2n) is 9.85. The summed E-state index contributed by atoms with van der Waals surface area (Å²) in [6, 6.07) is 18.1. The van der Waals surface area contributed by atoms with E-state index in [9.17, 15) is 13.2 Å². The zero-order valence-corrected chi connectivity index (χ0v) is 23.2. The second-order valence-corrected chi connectivity index (χ2v) is 11.7. The highest BCUT2D eigenvalue weighted by Crippen LogP contribution is 2.33. The maximum absolute atomic E-state index is 14.0. The standard InChI is InChI=1S/C29H33N3O6S/c1-21-4-8-24(9-5-21)32(39(34,35)28-16-22(2)6-10-26(28)36-3)19-29(33)31-14-12-30(13-15-31)18-23-7-11-25-27(17-23)38-20-37-25/h4-11,16-17H,12-15,18-20H2,1-3H3. The molecule has 0 atom stereocenters. The predicted octanol–water partition coefficient (Wildman–Crippen LogP) is 3.58. The molecule has 10 heteroatoms. The van der Waals surface area contributed by atoms with Gasteiger partial charge in [-0.25, -0.2) is 8.42 Å². The number of rotatable bonds is 8. The van der Waals surface area contributed by atoms with Crippen LogP contribution in [0.15, 0.2) is 65.6 Å². The first-order valence-corrected chi connectivity index (χ1v) is 14.3. The number of hydrogen-bond donors (Lipinski definition) is 0. The molecule has 0 spiro atoms. The van der Waals surface area contributed by atoms with Crippen LogP contribution in [0.2, 0.25) is 0 Å². The van der Waals surface area contributed by atoms with Gasteiger partial charge in [-0.2, -0.15) is 0 Å². The summed E-state index contributed by atoms with van der Waals surface area (Å²) in [4.78, 5) is 17.5. The van der Waals surface area contributed by atoms with E-state index >= 15 is 0 Å². The molecule has 2 aliphatic rings. The SMILES string of the molecule is COc1ccc(C)cc1S(=O)(=O)N(CC(=O)N1CCN(Cc2ccc3c(c2)OCO3)CC1)c1ccc(C)cc1. The van der Waals surface area contributed by atoms with Crippen LogP contribution >= 0.6 is 0 Å². The van der Waals surface area contributed by atoms with E-state index in [1.807, 2.05) is 44.2 Å². The topological polar surface area (TPSA) is 88.6 Å². The third-order valence-corrected chi connectivity index (χ3v) is 8.85. The quantitative estimate of drug-likeness (QED) is 0.423. The number of anilines is 1. The zero-order chi connectivity index (χ0) is 27.6. The molecule has 39 heavy (non-hydrogen) atoms. The fourth-order valence-electron chi connectivity index (χ4n) is 4.81. The molecule has 0 radical (unpaired) electrons. The number of benzene rings is 3. The number of nitrogens with zero attached hydrogens (tertiary/aromatic N) is 3. The molecule has 3 aromatic rings. The Hall–Kier alpha value is -3.76. The number of amides is 1. The Labute approximate surface area is 229 Å². The largest absolute Gasteiger partial charge is 0.495 e. The highest BCUT2D eigenvalue weighted by molar-refractivity contribution is 7.93. The van der Waals surface area contributed by atoms with Crippen molar-refractivity contribution < 1.29 is 27.4 Å². The van der Waals surface area contributed by atoms with Crippen LogP contribution in [0.25, 0.3) is 0 Å². The van der Waals surface area contributed by atoms with Gasteiger partial charge in [0, 0.05) is 32.7 Å². The number of aryl methyl sites for hydroxylation is 2. The predicted molar refractivity (Wildman–Crippen MR) is 148 cm³/mol. The van der Waals surface area contributed by atoms with Crippen molar-refractivity contribution in [2.24, 2.45) is 0 Å². The lowest BCUT2D eigenvalue weighted by Crippen LogP contribution is -2.51. The van der Waals surface area contributed by atoms with Gasteiger partial charge in [0.1, 0.15) is 17.2 Å². The van der Waals surface area contributed by atoms with Gasteiger partial charge in [0.2, 0.25) is 12.7 Å². The van der Waals surface area contributed by atoms with Gasteiger partial charge in [-0.15, -0.1) is 0 Å². The third kappa shape index (κ3) is 5.81. The summed E-state index contributed by atoms with van der Waals surface area (Å²) in [5.41, 5.74) is 3.32. The highest BCUT2D eigenvalue weighted by Gasteiger charge is 2.32. The molecular formula is C29H33N3O6S. The molecule has 3 aromatic carbocycles. The maximum Gasteiger partial charge on any atom is 0.268 e. The molecule has 206 valence electrons. The minimum atomic E-state index is -4.09. The van der Waals surface area contributed by atoms with Gasteiger partial charge in [0.05, 0.1) is 12.8 Å². The van der Waals surface area contributed by atoms with Crippen molar-refractivity contribution in [1.82, 2.24) is 9.80 Å². The molecule has 0 unspecified atom stereocenters. The number of fused-ring (bicyclic) bond motifs is 1. The van der Waals surface area contributed by atoms with Crippen LogP contribution in [0.4, 0.5) is 5.69 Å². The van der Waals surface area contributed by atoms with E-state index in [-0.39, 0.29) is 29.9 Å². The summed E-state index contributed by atoms with van der Waals surface area (Å²) in [5.74, 6) is 1.50. The molecule has 0 bridgehead atoms. The van der Waals surface area contributed by atoms with Crippen molar-refractivity contribution in [2.45, 2.75) is 25.3 Å². The van der Waals surface area contributed by atoms with E-state index in [1.54, 1.807) is 35.2 Å². The molecule has 0 aliphatic carbocycles. The van der Waals surface area contributed by atoms with Crippen LogP contribution in [0, 0.1) is 13.8 Å². The van der Waals surface area contributed by atoms with Crippen LogP contribution in [-0.4, -0.2) is 70.8 Å². The van der Waals surface area contributed by atoms with Crippen molar-refractivity contribution >= 4 is 21.6 Å². The number of piperazine rings is 1. The van der Waals surface area contributed by atoms with Crippen LogP contribution < -0.4 is 18.5 Å². The number of sulfonamides is 1. The number of hydrogen-bond acceptors (Lipinski definition) is 7. The smallest absolute Gasteiger partial charge is 0.268 e. The summed E-state index contributed by atoms with van der Waals surface area (Å²) in [7, 11) is -2.66. The molecule has 2 aliphatic heterocycles. The lowest BCUT2D eigenvalue weighted by molar-refractivity contribution is -0.131. The minimum Gasteiger partial charge on any atom is -0.495 e. The molecule has 0 aromatic heterocycles. The second kappa shape index (κ2) is 11.2. The molecule has 5 rings (SSSR count). The van der Waals surface area contributed by atoms with Crippen molar-refractivity contribution in [2.75, 3.05) is 50.9 Å². The van der Waals surface area contributed by atoms with Gasteiger partial charge in [-0.3, -0.25) is 14.0 Å². The Morgan fingerprint density at radius 2 is 1.59 bits per heavy atom. The Bertz CT molecular complexity index is 1450. The lowest BCUT2D eigenvalue weighted by atomic mass is 10.1. The van der Waals surface area contributed by atoms with Gasteiger partial charge in [-0.05, 0) is 61.4 Å². The first-order chi connectivity index (χ1) is 18.7. The first kappa shape index (κ1) is 26.8. The monoisotopic (exact) mass is 551 g/mol. The Kier molecular flexibility index (Phi) is 7.67. The number of ether oxygens (including phenoxy) is 3. The zero-order valence-electron chi connectivity index (χ0n) is 22.4. The lowest BCUT2D eigenvalue weighted by Gasteiger charge is -2.36. The van der Waals surface area contributed by atoms with E-state index in [2.05, 4.69) is 4.90 Å². The van der Waals surface area contributed by atoms with E-state index in [1.165, 1.54) is 11.4 Å². The summed E-state index contributed by atoms with van der Waals surface area (Å²) in [5, 5.41) is 0. The Morgan fingerprint density at radius 3 is 2.31 bits per heavy atom. The minimum absolute atomic E-state index is 0.0342. The first-order valence-electron chi connectivity index (χ1n) is 12.9. The third-order valence-electron chi connectivity index (χ3n) is 7.06. The molecule has 2 heterocycles. The summed E-state index contributed by atoms with van der Waals surface area (Å²) in [6.45, 7) is 6.82. The molecule has 1 amide bonds. The van der Waals surface area contributed by atoms with Gasteiger partial charge < -0.3 is 19.1 Å². The van der Waals surface area contributed by atoms with Crippen molar-refractivity contribution in [3.05, 3.63) is 77.4 Å². The van der Waals surface area contributed by atoms with Crippen LogP contribution in [0.5, 0.6) is 17.2 Å². The van der Waals surface area contributed by atoms with Gasteiger partial charge in [0.25, 0.3) is 10.0 Å². The van der Waals surface area contributed by atoms with Crippen molar-refractivity contribution in [1.29, 1.82) is 0 Å². The Morgan fingerprint density at radius 1 is 0.897 bits per heavy atom. The number of carbonyl (C=O) groups is 1. The van der Waals surface area contributed by atoms with Crippen LogP contribution in [0.1, 0.15) is 16.7 Å². The molecular weight excluding hydrogens is 518 g/mol.